The third kappa shape index (κ3) is 5.09. The van der Waals surface area contributed by atoms with Crippen molar-refractivity contribution in [1.29, 1.82) is 0 Å². The fraction of sp³-hybridized carbons (Fsp3) is 0.333. The quantitative estimate of drug-likeness (QED) is 0.762. The minimum Gasteiger partial charge on any atom is -0.493 e. The Balaban J connectivity index is 2.10. The Morgan fingerprint density at radius 3 is 2.71 bits per heavy atom. The number of halogens is 2. The monoisotopic (exact) mass is 353 g/mol. The summed E-state index contributed by atoms with van der Waals surface area (Å²) in [4.78, 5) is 0. The summed E-state index contributed by atoms with van der Waals surface area (Å²) in [7, 11) is 1.52. The SMILES string of the molecule is COc1cc(CNC[C@H](C)O)cc(Cl)c1OCc1ccccc1F. The molecule has 1 atom stereocenters. The number of benzene rings is 2. The number of ether oxygens (including phenoxy) is 2. The maximum Gasteiger partial charge on any atom is 0.180 e. The summed E-state index contributed by atoms with van der Waals surface area (Å²) in [6, 6.07) is 9.98. The highest BCUT2D eigenvalue weighted by Gasteiger charge is 2.13. The van der Waals surface area contributed by atoms with Gasteiger partial charge in [-0.15, -0.1) is 0 Å². The van der Waals surface area contributed by atoms with Gasteiger partial charge in [-0.3, -0.25) is 0 Å². The van der Waals surface area contributed by atoms with E-state index in [2.05, 4.69) is 5.32 Å². The van der Waals surface area contributed by atoms with Crippen LogP contribution in [0.25, 0.3) is 0 Å². The molecule has 0 aromatic heterocycles. The molecule has 0 radical (unpaired) electrons. The highest BCUT2D eigenvalue weighted by molar-refractivity contribution is 6.32. The maximum absolute atomic E-state index is 13.7. The van der Waals surface area contributed by atoms with Gasteiger partial charge in [0.2, 0.25) is 0 Å². The van der Waals surface area contributed by atoms with Crippen molar-refractivity contribution in [3.8, 4) is 11.5 Å². The van der Waals surface area contributed by atoms with Crippen molar-refractivity contribution in [2.45, 2.75) is 26.2 Å². The molecule has 0 saturated carbocycles. The van der Waals surface area contributed by atoms with Crippen LogP contribution in [0.3, 0.4) is 0 Å². The van der Waals surface area contributed by atoms with Crippen LogP contribution >= 0.6 is 11.6 Å². The number of aliphatic hydroxyl groups is 1. The molecule has 2 rings (SSSR count). The van der Waals surface area contributed by atoms with Crippen LogP contribution in [0.15, 0.2) is 36.4 Å². The topological polar surface area (TPSA) is 50.7 Å². The van der Waals surface area contributed by atoms with Crippen LogP contribution in [-0.2, 0) is 13.2 Å². The molecule has 130 valence electrons. The molecule has 0 aliphatic heterocycles. The van der Waals surface area contributed by atoms with Crippen molar-refractivity contribution < 1.29 is 19.0 Å². The fourth-order valence-corrected chi connectivity index (χ4v) is 2.49. The third-order valence-electron chi connectivity index (χ3n) is 3.39. The van der Waals surface area contributed by atoms with Crippen molar-refractivity contribution in [2.24, 2.45) is 0 Å². The lowest BCUT2D eigenvalue weighted by Gasteiger charge is -2.15. The van der Waals surface area contributed by atoms with Gasteiger partial charge in [-0.2, -0.15) is 0 Å². The largest absolute Gasteiger partial charge is 0.493 e. The molecule has 0 amide bonds. The lowest BCUT2D eigenvalue weighted by atomic mass is 10.2. The van der Waals surface area contributed by atoms with Gasteiger partial charge in [0, 0.05) is 18.7 Å². The summed E-state index contributed by atoms with van der Waals surface area (Å²) < 4.78 is 24.7. The Morgan fingerprint density at radius 2 is 2.04 bits per heavy atom. The number of hydrogen-bond acceptors (Lipinski definition) is 4. The second kappa shape index (κ2) is 8.87. The van der Waals surface area contributed by atoms with Gasteiger partial charge in [-0.1, -0.05) is 29.8 Å². The standard InChI is InChI=1S/C18H21ClFNO3/c1-12(22)9-21-10-13-7-15(19)18(17(8-13)23-2)24-11-14-5-3-4-6-16(14)20/h3-8,12,21-22H,9-11H2,1-2H3/t12-/m0/s1. The first-order valence-corrected chi connectivity index (χ1v) is 8.00. The molecule has 2 aromatic rings. The summed E-state index contributed by atoms with van der Waals surface area (Å²) >= 11 is 6.28. The number of methoxy groups -OCH3 is 1. The lowest BCUT2D eigenvalue weighted by Crippen LogP contribution is -2.23. The van der Waals surface area contributed by atoms with Crippen LogP contribution in [0.2, 0.25) is 5.02 Å². The van der Waals surface area contributed by atoms with Crippen LogP contribution in [0.4, 0.5) is 4.39 Å². The Morgan fingerprint density at radius 1 is 1.29 bits per heavy atom. The summed E-state index contributed by atoms with van der Waals surface area (Å²) in [6.45, 7) is 2.78. The minimum atomic E-state index is -0.425. The normalized spacial score (nSPS) is 12.0. The molecule has 6 heteroatoms. The number of hydrogen-bond donors (Lipinski definition) is 2. The van der Waals surface area contributed by atoms with E-state index < -0.39 is 6.10 Å². The van der Waals surface area contributed by atoms with E-state index in [1.807, 2.05) is 0 Å². The molecule has 0 saturated heterocycles. The van der Waals surface area contributed by atoms with Gasteiger partial charge in [0.1, 0.15) is 12.4 Å². The van der Waals surface area contributed by atoms with Gasteiger partial charge in [0.05, 0.1) is 18.2 Å². The van der Waals surface area contributed by atoms with Crippen LogP contribution in [0.1, 0.15) is 18.1 Å². The highest BCUT2D eigenvalue weighted by Crippen LogP contribution is 2.37. The average Bonchev–Trinajstić information content (AvgIpc) is 2.54. The van der Waals surface area contributed by atoms with E-state index in [4.69, 9.17) is 21.1 Å². The first kappa shape index (κ1) is 18.5. The molecule has 0 aliphatic rings. The van der Waals surface area contributed by atoms with Gasteiger partial charge >= 0.3 is 0 Å². The Bertz CT molecular complexity index is 679. The molecule has 0 fully saturated rings. The third-order valence-corrected chi connectivity index (χ3v) is 3.67. The number of nitrogens with one attached hydrogen (secondary N) is 1. The predicted octanol–water partition coefficient (Wildman–Crippen LogP) is 3.54. The van der Waals surface area contributed by atoms with E-state index >= 15 is 0 Å². The molecule has 0 bridgehead atoms. The number of aliphatic hydroxyl groups excluding tert-OH is 1. The van der Waals surface area contributed by atoms with E-state index in [1.54, 1.807) is 37.3 Å². The van der Waals surface area contributed by atoms with Gasteiger partial charge in [-0.05, 0) is 30.7 Å². The molecule has 2 N–H and O–H groups in total. The molecular weight excluding hydrogens is 333 g/mol. The second-order valence-electron chi connectivity index (χ2n) is 5.47. The van der Waals surface area contributed by atoms with Crippen LogP contribution in [-0.4, -0.2) is 24.9 Å². The second-order valence-corrected chi connectivity index (χ2v) is 5.88. The maximum atomic E-state index is 13.7. The van der Waals surface area contributed by atoms with Crippen LogP contribution in [0.5, 0.6) is 11.5 Å². The molecule has 24 heavy (non-hydrogen) atoms. The van der Waals surface area contributed by atoms with Crippen LogP contribution < -0.4 is 14.8 Å². The Kier molecular flexibility index (Phi) is 6.85. The van der Waals surface area contributed by atoms with Crippen molar-refractivity contribution in [2.75, 3.05) is 13.7 Å². The summed E-state index contributed by atoms with van der Waals surface area (Å²) in [5, 5.41) is 12.8. The molecule has 0 unspecified atom stereocenters. The van der Waals surface area contributed by atoms with Crippen molar-refractivity contribution in [1.82, 2.24) is 5.32 Å². The zero-order valence-electron chi connectivity index (χ0n) is 13.7. The van der Waals surface area contributed by atoms with Gasteiger partial charge in [0.25, 0.3) is 0 Å². The summed E-state index contributed by atoms with van der Waals surface area (Å²) in [5.74, 6) is 0.529. The van der Waals surface area contributed by atoms with Gasteiger partial charge in [-0.25, -0.2) is 4.39 Å². The van der Waals surface area contributed by atoms with Crippen molar-refractivity contribution in [3.05, 3.63) is 58.4 Å². The van der Waals surface area contributed by atoms with E-state index in [0.29, 0.717) is 35.2 Å². The Hall–Kier alpha value is -1.82. The molecule has 0 heterocycles. The van der Waals surface area contributed by atoms with E-state index in [9.17, 15) is 9.50 Å². The Labute approximate surface area is 146 Å². The predicted molar refractivity (Wildman–Crippen MR) is 92.1 cm³/mol. The summed E-state index contributed by atoms with van der Waals surface area (Å²) in [5.41, 5.74) is 1.34. The zero-order valence-corrected chi connectivity index (χ0v) is 14.4. The zero-order chi connectivity index (χ0) is 17.5. The van der Waals surface area contributed by atoms with E-state index in [1.165, 1.54) is 13.2 Å². The molecule has 4 nitrogen and oxygen atoms in total. The first-order chi connectivity index (χ1) is 11.5. The number of rotatable bonds is 8. The molecule has 0 aliphatic carbocycles. The van der Waals surface area contributed by atoms with Crippen LogP contribution in [0, 0.1) is 5.82 Å². The summed E-state index contributed by atoms with van der Waals surface area (Å²) in [6.07, 6.45) is -0.425. The first-order valence-electron chi connectivity index (χ1n) is 7.62. The van der Waals surface area contributed by atoms with Crippen molar-refractivity contribution >= 4 is 11.6 Å². The minimum absolute atomic E-state index is 0.0579. The smallest absolute Gasteiger partial charge is 0.180 e. The lowest BCUT2D eigenvalue weighted by molar-refractivity contribution is 0.191. The van der Waals surface area contributed by atoms with E-state index in [-0.39, 0.29) is 12.4 Å². The van der Waals surface area contributed by atoms with Gasteiger partial charge in [0.15, 0.2) is 11.5 Å². The molecule has 2 aromatic carbocycles. The highest BCUT2D eigenvalue weighted by atomic mass is 35.5. The fourth-order valence-electron chi connectivity index (χ4n) is 2.21. The van der Waals surface area contributed by atoms with E-state index in [0.717, 1.165) is 5.56 Å². The van der Waals surface area contributed by atoms with Gasteiger partial charge < -0.3 is 19.9 Å². The molecule has 0 spiro atoms. The van der Waals surface area contributed by atoms with Crippen molar-refractivity contribution in [3.63, 3.8) is 0 Å². The molecular formula is C18H21ClFNO3. The average molecular weight is 354 g/mol.